The number of nitrogens with zero attached hydrogens (tertiary/aromatic N) is 2. The van der Waals surface area contributed by atoms with Gasteiger partial charge in [0.05, 0.1) is 0 Å². The van der Waals surface area contributed by atoms with Crippen LogP contribution in [0.2, 0.25) is 0 Å². The molecule has 0 atom stereocenters. The Morgan fingerprint density at radius 1 is 1.38 bits per heavy atom. The zero-order chi connectivity index (χ0) is 11.4. The summed E-state index contributed by atoms with van der Waals surface area (Å²) in [5.74, 6) is 0.0451. The van der Waals surface area contributed by atoms with Crippen LogP contribution in [-0.2, 0) is 0 Å². The van der Waals surface area contributed by atoms with Crippen LogP contribution in [0.15, 0.2) is 18.3 Å². The third-order valence-electron chi connectivity index (χ3n) is 2.76. The molecule has 1 aliphatic rings. The Morgan fingerprint density at radius 3 is 3.00 bits per heavy atom. The lowest BCUT2D eigenvalue weighted by Crippen LogP contribution is -2.34. The number of carbonyl (C=O) groups is 1. The second-order valence-corrected chi connectivity index (χ2v) is 4.12. The molecule has 0 aromatic carbocycles. The van der Waals surface area contributed by atoms with Crippen LogP contribution in [0.5, 0.6) is 0 Å². The molecule has 86 valence electrons. The van der Waals surface area contributed by atoms with Gasteiger partial charge in [-0.05, 0) is 31.5 Å². The monoisotopic (exact) mass is 219 g/mol. The first-order valence-electron chi connectivity index (χ1n) is 5.70. The fourth-order valence-electron chi connectivity index (χ4n) is 1.81. The van der Waals surface area contributed by atoms with E-state index >= 15 is 0 Å². The number of hydrogen-bond donors (Lipinski definition) is 1. The summed E-state index contributed by atoms with van der Waals surface area (Å²) in [4.78, 5) is 18.1. The molecule has 1 saturated heterocycles. The number of hydrogen-bond acceptors (Lipinski definition) is 3. The number of amides is 1. The molecule has 4 nitrogen and oxygen atoms in total. The number of aromatic nitrogens is 1. The van der Waals surface area contributed by atoms with Crippen LogP contribution in [0, 0.1) is 6.92 Å². The van der Waals surface area contributed by atoms with Gasteiger partial charge in [-0.1, -0.05) is 6.07 Å². The van der Waals surface area contributed by atoms with E-state index in [2.05, 4.69) is 10.3 Å². The molecule has 1 aliphatic heterocycles. The van der Waals surface area contributed by atoms with Gasteiger partial charge in [0.2, 0.25) is 0 Å². The van der Waals surface area contributed by atoms with Crippen molar-refractivity contribution >= 4 is 5.91 Å². The van der Waals surface area contributed by atoms with E-state index in [1.54, 1.807) is 12.3 Å². The summed E-state index contributed by atoms with van der Waals surface area (Å²) in [5, 5.41) is 3.28. The van der Waals surface area contributed by atoms with Gasteiger partial charge in [-0.3, -0.25) is 9.78 Å². The van der Waals surface area contributed by atoms with Crippen molar-refractivity contribution in [1.29, 1.82) is 0 Å². The van der Waals surface area contributed by atoms with Crippen LogP contribution in [0.25, 0.3) is 0 Å². The summed E-state index contributed by atoms with van der Waals surface area (Å²) in [5.41, 5.74) is 1.63. The minimum Gasteiger partial charge on any atom is -0.336 e. The molecule has 1 fully saturated rings. The highest BCUT2D eigenvalue weighted by Gasteiger charge is 2.17. The second kappa shape index (κ2) is 5.07. The Kier molecular flexibility index (Phi) is 3.51. The fourth-order valence-corrected chi connectivity index (χ4v) is 1.81. The number of carbonyl (C=O) groups excluding carboxylic acids is 1. The molecule has 1 aromatic rings. The van der Waals surface area contributed by atoms with E-state index in [0.29, 0.717) is 5.69 Å². The van der Waals surface area contributed by atoms with Crippen molar-refractivity contribution in [2.24, 2.45) is 0 Å². The minimum atomic E-state index is 0.0451. The van der Waals surface area contributed by atoms with Gasteiger partial charge in [0, 0.05) is 25.8 Å². The molecule has 2 rings (SSSR count). The molecule has 0 bridgehead atoms. The lowest BCUT2D eigenvalue weighted by atomic mass is 10.2. The maximum absolute atomic E-state index is 12.1. The van der Waals surface area contributed by atoms with Gasteiger partial charge in [-0.2, -0.15) is 0 Å². The molecule has 0 saturated carbocycles. The lowest BCUT2D eigenvalue weighted by molar-refractivity contribution is 0.0760. The van der Waals surface area contributed by atoms with Gasteiger partial charge in [-0.25, -0.2) is 0 Å². The highest BCUT2D eigenvalue weighted by molar-refractivity contribution is 5.92. The summed E-state index contributed by atoms with van der Waals surface area (Å²) < 4.78 is 0. The van der Waals surface area contributed by atoms with Crippen molar-refractivity contribution in [1.82, 2.24) is 15.2 Å². The van der Waals surface area contributed by atoms with E-state index in [4.69, 9.17) is 0 Å². The lowest BCUT2D eigenvalue weighted by Gasteiger charge is -2.19. The highest BCUT2D eigenvalue weighted by Crippen LogP contribution is 2.05. The first-order valence-corrected chi connectivity index (χ1v) is 5.70. The summed E-state index contributed by atoms with van der Waals surface area (Å²) in [7, 11) is 0. The highest BCUT2D eigenvalue weighted by atomic mass is 16.2. The second-order valence-electron chi connectivity index (χ2n) is 4.12. The van der Waals surface area contributed by atoms with E-state index in [9.17, 15) is 4.79 Å². The predicted octanol–water partition coefficient (Wildman–Crippen LogP) is 0.826. The van der Waals surface area contributed by atoms with Crippen molar-refractivity contribution in [2.45, 2.75) is 13.3 Å². The largest absolute Gasteiger partial charge is 0.336 e. The predicted molar refractivity (Wildman–Crippen MR) is 62.4 cm³/mol. The summed E-state index contributed by atoms with van der Waals surface area (Å²) in [6, 6.07) is 3.73. The van der Waals surface area contributed by atoms with Crippen LogP contribution in [0.1, 0.15) is 22.5 Å². The van der Waals surface area contributed by atoms with Crippen LogP contribution < -0.4 is 5.32 Å². The van der Waals surface area contributed by atoms with E-state index in [1.165, 1.54) is 0 Å². The van der Waals surface area contributed by atoms with Gasteiger partial charge in [-0.15, -0.1) is 0 Å². The molecule has 1 aromatic heterocycles. The van der Waals surface area contributed by atoms with Gasteiger partial charge >= 0.3 is 0 Å². The standard InChI is InChI=1S/C12H17N3O/c1-10-3-4-11(14-9-10)12(16)15-7-2-5-13-6-8-15/h3-4,9,13H,2,5-8H2,1H3. The zero-order valence-electron chi connectivity index (χ0n) is 9.57. The fraction of sp³-hybridized carbons (Fsp3) is 0.500. The zero-order valence-corrected chi connectivity index (χ0v) is 9.57. The summed E-state index contributed by atoms with van der Waals surface area (Å²) in [6.45, 7) is 5.43. The van der Waals surface area contributed by atoms with Crippen LogP contribution in [-0.4, -0.2) is 42.0 Å². The first-order chi connectivity index (χ1) is 7.77. The molecular formula is C12H17N3O. The summed E-state index contributed by atoms with van der Waals surface area (Å²) in [6.07, 6.45) is 2.75. The maximum Gasteiger partial charge on any atom is 0.272 e. The van der Waals surface area contributed by atoms with Crippen molar-refractivity contribution < 1.29 is 4.79 Å². The molecular weight excluding hydrogens is 202 g/mol. The minimum absolute atomic E-state index is 0.0451. The third-order valence-corrected chi connectivity index (χ3v) is 2.76. The summed E-state index contributed by atoms with van der Waals surface area (Å²) >= 11 is 0. The Balaban J connectivity index is 2.08. The normalized spacial score (nSPS) is 16.9. The SMILES string of the molecule is Cc1ccc(C(=O)N2CCCNCC2)nc1. The maximum atomic E-state index is 12.1. The quantitative estimate of drug-likeness (QED) is 0.760. The van der Waals surface area contributed by atoms with Gasteiger partial charge in [0.1, 0.15) is 5.69 Å². The Bertz CT molecular complexity index is 353. The number of pyridine rings is 1. The molecule has 4 heteroatoms. The Morgan fingerprint density at radius 2 is 2.25 bits per heavy atom. The molecule has 0 spiro atoms. The number of nitrogens with one attached hydrogen (secondary N) is 1. The molecule has 0 radical (unpaired) electrons. The molecule has 0 aliphatic carbocycles. The van der Waals surface area contributed by atoms with Crippen molar-refractivity contribution in [3.8, 4) is 0 Å². The first kappa shape index (κ1) is 11.1. The average molecular weight is 219 g/mol. The van der Waals surface area contributed by atoms with E-state index < -0.39 is 0 Å². The van der Waals surface area contributed by atoms with Crippen LogP contribution in [0.4, 0.5) is 0 Å². The topological polar surface area (TPSA) is 45.2 Å². The third kappa shape index (κ3) is 2.58. The Hall–Kier alpha value is -1.42. The van der Waals surface area contributed by atoms with Crippen molar-refractivity contribution in [3.05, 3.63) is 29.6 Å². The number of rotatable bonds is 1. The molecule has 2 heterocycles. The smallest absolute Gasteiger partial charge is 0.272 e. The van der Waals surface area contributed by atoms with Gasteiger partial charge < -0.3 is 10.2 Å². The molecule has 16 heavy (non-hydrogen) atoms. The van der Waals surface area contributed by atoms with E-state index in [0.717, 1.165) is 38.2 Å². The van der Waals surface area contributed by atoms with Crippen molar-refractivity contribution in [2.75, 3.05) is 26.2 Å². The molecule has 1 amide bonds. The van der Waals surface area contributed by atoms with Crippen molar-refractivity contribution in [3.63, 3.8) is 0 Å². The van der Waals surface area contributed by atoms with E-state index in [1.807, 2.05) is 17.9 Å². The average Bonchev–Trinajstić information content (AvgIpc) is 2.57. The van der Waals surface area contributed by atoms with Crippen LogP contribution in [0.3, 0.4) is 0 Å². The van der Waals surface area contributed by atoms with Gasteiger partial charge in [0.15, 0.2) is 0 Å². The molecule has 0 unspecified atom stereocenters. The van der Waals surface area contributed by atoms with Gasteiger partial charge in [0.25, 0.3) is 5.91 Å². The Labute approximate surface area is 95.7 Å². The van der Waals surface area contributed by atoms with Crippen LogP contribution >= 0.6 is 0 Å². The van der Waals surface area contributed by atoms with E-state index in [-0.39, 0.29) is 5.91 Å². The molecule has 1 N–H and O–H groups in total. The number of aryl methyl sites for hydroxylation is 1.